The lowest BCUT2D eigenvalue weighted by atomic mass is 10.2. The second-order valence-corrected chi connectivity index (χ2v) is 5.20. The lowest BCUT2D eigenvalue weighted by molar-refractivity contribution is -0.357. The minimum atomic E-state index is -0.849. The number of nitrogens with two attached hydrogens (primary N) is 2. The Morgan fingerprint density at radius 3 is 2.74 bits per heavy atom. The Morgan fingerprint density at radius 2 is 2.13 bits per heavy atom. The van der Waals surface area contributed by atoms with Gasteiger partial charge in [-0.2, -0.15) is 5.10 Å². The number of carbonyl (C=O) groups excluding carboxylic acids is 1. The van der Waals surface area contributed by atoms with E-state index >= 15 is 0 Å². The van der Waals surface area contributed by atoms with Crippen molar-refractivity contribution in [1.82, 2.24) is 0 Å². The van der Waals surface area contributed by atoms with Gasteiger partial charge in [0.25, 0.3) is 0 Å². The lowest BCUT2D eigenvalue weighted by Gasteiger charge is -2.10. The molecule has 2 rings (SSSR count). The van der Waals surface area contributed by atoms with E-state index in [0.717, 1.165) is 22.3 Å². The van der Waals surface area contributed by atoms with Gasteiger partial charge < -0.3 is 11.5 Å². The minimum absolute atomic E-state index is 0.0651. The van der Waals surface area contributed by atoms with Crippen LogP contribution in [0.25, 0.3) is 0 Å². The predicted molar refractivity (Wildman–Crippen MR) is 83.5 cm³/mol. The molecule has 1 aromatic carbocycles. The molecule has 0 radical (unpaired) electrons. The van der Waals surface area contributed by atoms with Crippen molar-refractivity contribution in [3.8, 4) is 0 Å². The molecule has 0 atom stereocenters. The molecule has 0 fully saturated rings. The third kappa shape index (κ3) is 4.07. The van der Waals surface area contributed by atoms with Crippen LogP contribution in [0.4, 0.5) is 19.6 Å². The number of halogens is 2. The molecule has 0 unspecified atom stereocenters. The van der Waals surface area contributed by atoms with Crippen LogP contribution in [-0.4, -0.2) is 18.1 Å². The molecule has 0 saturated heterocycles. The highest BCUT2D eigenvalue weighted by Crippen LogP contribution is 2.28. The van der Waals surface area contributed by atoms with Crippen molar-refractivity contribution >= 4 is 40.2 Å². The summed E-state index contributed by atoms with van der Waals surface area (Å²) in [6.07, 6.45) is 1.33. The van der Waals surface area contributed by atoms with Gasteiger partial charge in [0.05, 0.1) is 6.21 Å². The van der Waals surface area contributed by atoms with Gasteiger partial charge in [-0.05, 0) is 12.1 Å². The lowest BCUT2D eigenvalue weighted by Crippen LogP contribution is -2.28. The zero-order chi connectivity index (χ0) is 17.0. The number of hydrogen-bond acceptors (Lipinski definition) is 4. The van der Waals surface area contributed by atoms with Gasteiger partial charge in [-0.15, -0.1) is 10.0 Å². The maximum Gasteiger partial charge on any atom is 0.347 e. The zero-order valence-electron chi connectivity index (χ0n) is 12.0. The van der Waals surface area contributed by atoms with Gasteiger partial charge in [0.1, 0.15) is 5.82 Å². The summed E-state index contributed by atoms with van der Waals surface area (Å²) in [4.78, 5) is 15.8. The summed E-state index contributed by atoms with van der Waals surface area (Å²) in [5, 5.41) is 9.02. The number of anilines is 2. The Hall–Kier alpha value is -2.88. The van der Waals surface area contributed by atoms with Crippen LogP contribution in [0.1, 0.15) is 12.6 Å². The molecule has 23 heavy (non-hydrogen) atoms. The molecule has 10 heteroatoms. The van der Waals surface area contributed by atoms with E-state index in [9.17, 15) is 13.6 Å². The summed E-state index contributed by atoms with van der Waals surface area (Å²) in [7, 11) is 0. The number of H-pyrrole nitrogens is 1. The first-order valence-electron chi connectivity index (χ1n) is 6.27. The molecule has 120 valence electrons. The van der Waals surface area contributed by atoms with Gasteiger partial charge in [0, 0.05) is 18.4 Å². The van der Waals surface area contributed by atoms with Gasteiger partial charge in [-0.25, -0.2) is 18.6 Å². The van der Waals surface area contributed by atoms with Gasteiger partial charge in [0.2, 0.25) is 5.96 Å². The normalized spacial score (nSPS) is 10.7. The molecule has 0 aliphatic carbocycles. The molecule has 1 heterocycles. The van der Waals surface area contributed by atoms with E-state index in [1.54, 1.807) is 5.38 Å². The third-order valence-corrected chi connectivity index (χ3v) is 3.47. The fraction of sp³-hybridized carbons (Fsp3) is 0.0769. The molecule has 0 spiro atoms. The second-order valence-electron chi connectivity index (χ2n) is 4.34. The SMILES string of the molecule is CC(=O)N(c1[nH+]c(/C=N/N=C(N)N)cs1)c1ccc(F)cc1F. The van der Waals surface area contributed by atoms with Crippen LogP contribution in [0.2, 0.25) is 0 Å². The van der Waals surface area contributed by atoms with Crippen LogP contribution in [-0.2, 0) is 4.79 Å². The third-order valence-electron chi connectivity index (χ3n) is 2.59. The highest BCUT2D eigenvalue weighted by molar-refractivity contribution is 7.13. The highest BCUT2D eigenvalue weighted by Gasteiger charge is 2.29. The van der Waals surface area contributed by atoms with Crippen molar-refractivity contribution < 1.29 is 18.6 Å². The van der Waals surface area contributed by atoms with Gasteiger partial charge in [-0.1, -0.05) is 11.3 Å². The molecule has 1 aromatic heterocycles. The first-order chi connectivity index (χ1) is 10.9. The average Bonchev–Trinajstić information content (AvgIpc) is 2.89. The molecule has 1 amide bonds. The van der Waals surface area contributed by atoms with E-state index in [1.807, 2.05) is 0 Å². The van der Waals surface area contributed by atoms with Crippen molar-refractivity contribution in [2.24, 2.45) is 21.7 Å². The monoisotopic (exact) mass is 339 g/mol. The minimum Gasteiger partial charge on any atom is -0.369 e. The van der Waals surface area contributed by atoms with Crippen molar-refractivity contribution in [3.05, 3.63) is 40.9 Å². The molecule has 0 aliphatic heterocycles. The number of guanidine groups is 1. The fourth-order valence-electron chi connectivity index (χ4n) is 1.72. The van der Waals surface area contributed by atoms with Crippen molar-refractivity contribution in [3.63, 3.8) is 0 Å². The van der Waals surface area contributed by atoms with E-state index in [1.165, 1.54) is 19.2 Å². The van der Waals surface area contributed by atoms with Gasteiger partial charge >= 0.3 is 11.0 Å². The molecule has 2 aromatic rings. The number of carbonyl (C=O) groups is 1. The van der Waals surface area contributed by atoms with Crippen molar-refractivity contribution in [2.45, 2.75) is 6.92 Å². The maximum absolute atomic E-state index is 13.9. The molecule has 0 aliphatic rings. The van der Waals surface area contributed by atoms with Crippen LogP contribution >= 0.6 is 11.3 Å². The van der Waals surface area contributed by atoms with Crippen LogP contribution in [0.3, 0.4) is 0 Å². The van der Waals surface area contributed by atoms with E-state index in [0.29, 0.717) is 16.9 Å². The average molecular weight is 339 g/mol. The van der Waals surface area contributed by atoms with E-state index in [4.69, 9.17) is 11.5 Å². The van der Waals surface area contributed by atoms with E-state index in [-0.39, 0.29) is 11.6 Å². The number of aromatic nitrogens is 1. The number of hydrogen-bond donors (Lipinski definition) is 2. The topological polar surface area (TPSA) is 111 Å². The molecular formula is C13H13F2N6OS+. The van der Waals surface area contributed by atoms with Crippen molar-refractivity contribution in [2.75, 3.05) is 4.90 Å². The Bertz CT molecular complexity index is 785. The quantitative estimate of drug-likeness (QED) is 0.495. The van der Waals surface area contributed by atoms with Gasteiger partial charge in [-0.3, -0.25) is 0 Å². The Labute approximate surface area is 134 Å². The summed E-state index contributed by atoms with van der Waals surface area (Å²) >= 11 is 1.14. The first-order valence-corrected chi connectivity index (χ1v) is 7.15. The van der Waals surface area contributed by atoms with Gasteiger partial charge in [0.15, 0.2) is 17.2 Å². The Morgan fingerprint density at radius 1 is 1.39 bits per heavy atom. The number of amides is 1. The Kier molecular flexibility index (Phi) is 4.96. The number of thiazole rings is 1. The highest BCUT2D eigenvalue weighted by atomic mass is 32.1. The zero-order valence-corrected chi connectivity index (χ0v) is 12.8. The summed E-state index contributed by atoms with van der Waals surface area (Å²) in [6, 6.07) is 2.97. The fourth-order valence-corrected chi connectivity index (χ4v) is 2.58. The molecule has 5 N–H and O–H groups in total. The smallest absolute Gasteiger partial charge is 0.347 e. The Balaban J connectivity index is 2.36. The molecular weight excluding hydrogens is 326 g/mol. The van der Waals surface area contributed by atoms with E-state index in [2.05, 4.69) is 15.2 Å². The number of benzene rings is 1. The second kappa shape index (κ2) is 6.92. The predicted octanol–water partition coefficient (Wildman–Crippen LogP) is 1.13. The molecule has 7 nitrogen and oxygen atoms in total. The number of rotatable bonds is 4. The summed E-state index contributed by atoms with van der Waals surface area (Å²) in [5.41, 5.74) is 10.7. The number of aromatic amines is 1. The molecule has 0 bridgehead atoms. The molecule has 0 saturated carbocycles. The van der Waals surface area contributed by atoms with Crippen LogP contribution in [0.5, 0.6) is 0 Å². The van der Waals surface area contributed by atoms with E-state index < -0.39 is 17.5 Å². The van der Waals surface area contributed by atoms with Crippen molar-refractivity contribution in [1.29, 1.82) is 0 Å². The summed E-state index contributed by atoms with van der Waals surface area (Å²) < 4.78 is 27.0. The summed E-state index contributed by atoms with van der Waals surface area (Å²) in [5.74, 6) is -2.22. The van der Waals surface area contributed by atoms with Crippen LogP contribution < -0.4 is 21.4 Å². The van der Waals surface area contributed by atoms with Crippen LogP contribution in [0, 0.1) is 11.6 Å². The number of nitrogens with one attached hydrogen (secondary N) is 1. The van der Waals surface area contributed by atoms with Crippen LogP contribution in [0.15, 0.2) is 33.8 Å². The first kappa shape index (κ1) is 16.5. The summed E-state index contributed by atoms with van der Waals surface area (Å²) in [6.45, 7) is 1.27. The maximum atomic E-state index is 13.9. The number of nitrogens with zero attached hydrogens (tertiary/aromatic N) is 3. The largest absolute Gasteiger partial charge is 0.369 e. The standard InChI is InChI=1S/C13H12F2N6OS/c1-7(22)21(11-3-2-8(14)4-10(11)15)13-19-9(6-23-13)5-18-20-12(16)17/h2-6H,1H3,(H4,16,17,20)/p+1/b18-5+.